The van der Waals surface area contributed by atoms with Crippen LogP contribution in [-0.2, 0) is 6.42 Å². The third kappa shape index (κ3) is 3.78. The largest absolute Gasteiger partial charge is 0.309 e. The normalized spacial score (nSPS) is 11.2. The van der Waals surface area contributed by atoms with Crippen molar-refractivity contribution in [1.82, 2.24) is 19.7 Å². The number of halogens is 1. The summed E-state index contributed by atoms with van der Waals surface area (Å²) in [7, 11) is 4.15. The lowest BCUT2D eigenvalue weighted by Gasteiger charge is -2.09. The molecule has 0 saturated carbocycles. The molecule has 0 aliphatic carbocycles. The van der Waals surface area contributed by atoms with Gasteiger partial charge in [-0.3, -0.25) is 0 Å². The van der Waals surface area contributed by atoms with Crippen molar-refractivity contribution in [2.75, 3.05) is 20.6 Å². The molecule has 0 aliphatic heterocycles. The van der Waals surface area contributed by atoms with E-state index in [0.29, 0.717) is 5.02 Å². The van der Waals surface area contributed by atoms with E-state index in [9.17, 15) is 0 Å². The first-order valence-corrected chi connectivity index (χ1v) is 6.77. The molecule has 1 aromatic heterocycles. The number of nitrogens with zero attached hydrogens (tertiary/aromatic N) is 4. The fourth-order valence-electron chi connectivity index (χ4n) is 1.99. The van der Waals surface area contributed by atoms with Gasteiger partial charge in [-0.15, -0.1) is 0 Å². The standard InChI is InChI=1S/C14H19ClN4/c1-11-16-14(8-5-9-18(2)3)19(17-11)13-7-4-6-12(15)10-13/h4,6-7,10H,5,8-9H2,1-3H3. The lowest BCUT2D eigenvalue weighted by molar-refractivity contribution is 0.398. The Balaban J connectivity index is 2.21. The minimum absolute atomic E-state index is 0.713. The van der Waals surface area contributed by atoms with Gasteiger partial charge in [0, 0.05) is 11.4 Å². The number of hydrogen-bond donors (Lipinski definition) is 0. The fraction of sp³-hybridized carbons (Fsp3) is 0.429. The maximum Gasteiger partial charge on any atom is 0.148 e. The van der Waals surface area contributed by atoms with Crippen molar-refractivity contribution >= 4 is 11.6 Å². The van der Waals surface area contributed by atoms with E-state index in [1.54, 1.807) is 0 Å². The SMILES string of the molecule is Cc1nc(CCCN(C)C)n(-c2cccc(Cl)c2)n1. The van der Waals surface area contributed by atoms with Crippen LogP contribution in [0, 0.1) is 6.92 Å². The van der Waals surface area contributed by atoms with Crippen molar-refractivity contribution < 1.29 is 0 Å². The molecule has 1 heterocycles. The molecule has 2 rings (SSSR count). The molecule has 4 nitrogen and oxygen atoms in total. The second kappa shape index (κ2) is 6.17. The average Bonchev–Trinajstić information content (AvgIpc) is 2.70. The van der Waals surface area contributed by atoms with Crippen LogP contribution >= 0.6 is 11.6 Å². The van der Waals surface area contributed by atoms with E-state index in [4.69, 9.17) is 11.6 Å². The first kappa shape index (κ1) is 14.0. The first-order valence-electron chi connectivity index (χ1n) is 6.39. The Kier molecular flexibility index (Phi) is 4.56. The summed E-state index contributed by atoms with van der Waals surface area (Å²) in [5.41, 5.74) is 0.966. The average molecular weight is 279 g/mol. The summed E-state index contributed by atoms with van der Waals surface area (Å²) in [4.78, 5) is 6.68. The minimum Gasteiger partial charge on any atom is -0.309 e. The molecule has 102 valence electrons. The van der Waals surface area contributed by atoms with Crippen molar-refractivity contribution in [3.8, 4) is 5.69 Å². The number of benzene rings is 1. The number of aromatic nitrogens is 3. The number of rotatable bonds is 5. The highest BCUT2D eigenvalue weighted by Crippen LogP contribution is 2.16. The van der Waals surface area contributed by atoms with E-state index in [0.717, 1.165) is 36.7 Å². The second-order valence-corrected chi connectivity index (χ2v) is 5.31. The van der Waals surface area contributed by atoms with Gasteiger partial charge >= 0.3 is 0 Å². The molecule has 0 N–H and O–H groups in total. The third-order valence-corrected chi connectivity index (χ3v) is 3.07. The summed E-state index contributed by atoms with van der Waals surface area (Å²) in [6, 6.07) is 7.69. The van der Waals surface area contributed by atoms with Gasteiger partial charge in [0.05, 0.1) is 5.69 Å². The van der Waals surface area contributed by atoms with E-state index in [1.807, 2.05) is 35.9 Å². The van der Waals surface area contributed by atoms with Crippen molar-refractivity contribution in [1.29, 1.82) is 0 Å². The molecular formula is C14H19ClN4. The lowest BCUT2D eigenvalue weighted by atomic mass is 10.2. The molecule has 0 fully saturated rings. The highest BCUT2D eigenvalue weighted by Gasteiger charge is 2.09. The molecule has 19 heavy (non-hydrogen) atoms. The Morgan fingerprint density at radius 3 is 2.79 bits per heavy atom. The summed E-state index contributed by atoms with van der Waals surface area (Å²) < 4.78 is 1.89. The van der Waals surface area contributed by atoms with Crippen molar-refractivity contribution in [3.63, 3.8) is 0 Å². The van der Waals surface area contributed by atoms with Gasteiger partial charge in [0.1, 0.15) is 11.6 Å². The van der Waals surface area contributed by atoms with Gasteiger partial charge in [-0.25, -0.2) is 9.67 Å². The predicted molar refractivity (Wildman–Crippen MR) is 78.0 cm³/mol. The van der Waals surface area contributed by atoms with Crippen LogP contribution in [0.25, 0.3) is 5.69 Å². The predicted octanol–water partition coefficient (Wildman–Crippen LogP) is 2.72. The number of hydrogen-bond acceptors (Lipinski definition) is 3. The summed E-state index contributed by atoms with van der Waals surface area (Å²) in [5.74, 6) is 1.78. The van der Waals surface area contributed by atoms with Crippen LogP contribution in [0.5, 0.6) is 0 Å². The van der Waals surface area contributed by atoms with E-state index in [1.165, 1.54) is 0 Å². The van der Waals surface area contributed by atoms with Crippen molar-refractivity contribution in [2.45, 2.75) is 19.8 Å². The fourth-order valence-corrected chi connectivity index (χ4v) is 2.17. The summed E-state index contributed by atoms with van der Waals surface area (Å²) in [5, 5.41) is 5.17. The molecule has 2 aromatic rings. The Hall–Kier alpha value is -1.39. The number of aryl methyl sites for hydroxylation is 2. The van der Waals surface area contributed by atoms with Gasteiger partial charge in [0.2, 0.25) is 0 Å². The van der Waals surface area contributed by atoms with Crippen molar-refractivity contribution in [3.05, 3.63) is 40.9 Å². The third-order valence-electron chi connectivity index (χ3n) is 2.84. The van der Waals surface area contributed by atoms with Gasteiger partial charge in [0.25, 0.3) is 0 Å². The first-order chi connectivity index (χ1) is 9.06. The molecule has 1 aromatic carbocycles. The minimum atomic E-state index is 0.713. The van der Waals surface area contributed by atoms with Gasteiger partial charge in [-0.2, -0.15) is 5.10 Å². The summed E-state index contributed by atoms with van der Waals surface area (Å²) in [6.07, 6.45) is 1.97. The zero-order valence-electron chi connectivity index (χ0n) is 11.6. The molecule has 0 aliphatic rings. The molecule has 0 bridgehead atoms. The van der Waals surface area contributed by atoms with Gasteiger partial charge < -0.3 is 4.90 Å². The van der Waals surface area contributed by atoms with E-state index >= 15 is 0 Å². The van der Waals surface area contributed by atoms with Gasteiger partial charge in [-0.05, 0) is 52.2 Å². The molecule has 5 heteroatoms. The Bertz CT molecular complexity index is 548. The molecule has 0 spiro atoms. The van der Waals surface area contributed by atoms with Gasteiger partial charge in [-0.1, -0.05) is 17.7 Å². The monoisotopic (exact) mass is 278 g/mol. The smallest absolute Gasteiger partial charge is 0.148 e. The zero-order chi connectivity index (χ0) is 13.8. The summed E-state index contributed by atoms with van der Waals surface area (Å²) >= 11 is 6.03. The van der Waals surface area contributed by atoms with E-state index in [2.05, 4.69) is 29.1 Å². The van der Waals surface area contributed by atoms with Crippen LogP contribution < -0.4 is 0 Å². The molecule has 0 unspecified atom stereocenters. The Morgan fingerprint density at radius 1 is 1.32 bits per heavy atom. The van der Waals surface area contributed by atoms with Crippen LogP contribution in [0.4, 0.5) is 0 Å². The highest BCUT2D eigenvalue weighted by atomic mass is 35.5. The van der Waals surface area contributed by atoms with Crippen LogP contribution in [0.1, 0.15) is 18.1 Å². The van der Waals surface area contributed by atoms with E-state index in [-0.39, 0.29) is 0 Å². The second-order valence-electron chi connectivity index (χ2n) is 4.87. The maximum atomic E-state index is 6.03. The van der Waals surface area contributed by atoms with Crippen molar-refractivity contribution in [2.24, 2.45) is 0 Å². The molecular weight excluding hydrogens is 260 g/mol. The Labute approximate surface area is 119 Å². The zero-order valence-corrected chi connectivity index (χ0v) is 12.4. The molecule has 0 atom stereocenters. The molecule has 0 saturated heterocycles. The quantitative estimate of drug-likeness (QED) is 0.843. The van der Waals surface area contributed by atoms with Crippen LogP contribution in [-0.4, -0.2) is 40.3 Å². The van der Waals surface area contributed by atoms with Crippen LogP contribution in [0.15, 0.2) is 24.3 Å². The van der Waals surface area contributed by atoms with Crippen LogP contribution in [0.2, 0.25) is 5.02 Å². The lowest BCUT2D eigenvalue weighted by Crippen LogP contribution is -2.14. The summed E-state index contributed by atoms with van der Waals surface area (Å²) in [6.45, 7) is 2.96. The Morgan fingerprint density at radius 2 is 2.11 bits per heavy atom. The maximum absolute atomic E-state index is 6.03. The topological polar surface area (TPSA) is 34.0 Å². The molecule has 0 radical (unpaired) electrons. The van der Waals surface area contributed by atoms with Crippen LogP contribution in [0.3, 0.4) is 0 Å². The molecule has 0 amide bonds. The van der Waals surface area contributed by atoms with E-state index < -0.39 is 0 Å². The highest BCUT2D eigenvalue weighted by molar-refractivity contribution is 6.30. The van der Waals surface area contributed by atoms with Gasteiger partial charge in [0.15, 0.2) is 0 Å².